The van der Waals surface area contributed by atoms with Crippen LogP contribution in [0, 0.1) is 12.8 Å². The Morgan fingerprint density at radius 2 is 2.05 bits per heavy atom. The predicted molar refractivity (Wildman–Crippen MR) is 77.9 cm³/mol. The summed E-state index contributed by atoms with van der Waals surface area (Å²) >= 11 is 1.53. The van der Waals surface area contributed by atoms with E-state index < -0.39 is 5.97 Å². The van der Waals surface area contributed by atoms with Crippen LogP contribution in [0.5, 0.6) is 0 Å². The fraction of sp³-hybridized carbons (Fsp3) is 0.643. The number of aromatic carboxylic acids is 1. The second-order valence-electron chi connectivity index (χ2n) is 4.95. The van der Waals surface area contributed by atoms with Gasteiger partial charge in [-0.25, -0.2) is 14.8 Å². The molecule has 0 spiro atoms. The number of thioether (sulfide) groups is 1. The second-order valence-corrected chi connectivity index (χ2v) is 6.03. The molecule has 1 aromatic heterocycles. The summed E-state index contributed by atoms with van der Waals surface area (Å²) in [5.41, 5.74) is 0.817. The van der Waals surface area contributed by atoms with Crippen molar-refractivity contribution >= 4 is 17.7 Å². The molecule has 0 saturated heterocycles. The van der Waals surface area contributed by atoms with E-state index >= 15 is 0 Å². The molecule has 106 valence electrons. The molecule has 0 saturated carbocycles. The van der Waals surface area contributed by atoms with E-state index in [9.17, 15) is 9.90 Å². The zero-order valence-electron chi connectivity index (χ0n) is 12.1. The van der Waals surface area contributed by atoms with Crippen LogP contribution in [0.25, 0.3) is 0 Å². The summed E-state index contributed by atoms with van der Waals surface area (Å²) in [6, 6.07) is 0. The highest BCUT2D eigenvalue weighted by Gasteiger charge is 2.17. The van der Waals surface area contributed by atoms with Crippen LogP contribution in [0.15, 0.2) is 5.03 Å². The molecular formula is C14H22N2O2S. The smallest absolute Gasteiger partial charge is 0.340 e. The zero-order valence-corrected chi connectivity index (χ0v) is 12.9. The van der Waals surface area contributed by atoms with Crippen molar-refractivity contribution in [1.82, 2.24) is 9.97 Å². The molecule has 0 unspecified atom stereocenters. The summed E-state index contributed by atoms with van der Waals surface area (Å²) in [7, 11) is 0. The summed E-state index contributed by atoms with van der Waals surface area (Å²) in [4.78, 5) is 19.9. The van der Waals surface area contributed by atoms with Gasteiger partial charge in [-0.2, -0.15) is 0 Å². The molecular weight excluding hydrogens is 260 g/mol. The molecule has 0 radical (unpaired) electrons. The highest BCUT2D eigenvalue weighted by molar-refractivity contribution is 7.99. The first-order valence-electron chi connectivity index (χ1n) is 6.69. The number of hydrogen-bond acceptors (Lipinski definition) is 4. The van der Waals surface area contributed by atoms with Crippen molar-refractivity contribution in [2.24, 2.45) is 5.92 Å². The lowest BCUT2D eigenvalue weighted by Gasteiger charge is -2.10. The highest BCUT2D eigenvalue weighted by atomic mass is 32.2. The van der Waals surface area contributed by atoms with E-state index in [4.69, 9.17) is 0 Å². The quantitative estimate of drug-likeness (QED) is 0.470. The predicted octanol–water partition coefficient (Wildman–Crippen LogP) is 3.57. The summed E-state index contributed by atoms with van der Waals surface area (Å²) in [6.07, 6.45) is 2.95. The van der Waals surface area contributed by atoms with Crippen LogP contribution in [-0.4, -0.2) is 26.8 Å². The van der Waals surface area contributed by atoms with Crippen molar-refractivity contribution in [3.63, 3.8) is 0 Å². The van der Waals surface area contributed by atoms with Gasteiger partial charge in [0.05, 0.1) is 5.69 Å². The maximum atomic E-state index is 11.3. The molecule has 0 bridgehead atoms. The molecule has 1 aromatic rings. The Morgan fingerprint density at radius 3 is 2.58 bits per heavy atom. The highest BCUT2D eigenvalue weighted by Crippen LogP contribution is 2.24. The van der Waals surface area contributed by atoms with Crippen molar-refractivity contribution in [2.45, 2.75) is 52.0 Å². The normalized spacial score (nSPS) is 11.0. The Balaban J connectivity index is 2.84. The van der Waals surface area contributed by atoms with Crippen LogP contribution in [0.3, 0.4) is 0 Å². The van der Waals surface area contributed by atoms with Gasteiger partial charge in [-0.1, -0.05) is 27.2 Å². The third-order valence-electron chi connectivity index (χ3n) is 2.80. The van der Waals surface area contributed by atoms with E-state index in [1.165, 1.54) is 11.8 Å². The maximum absolute atomic E-state index is 11.3. The fourth-order valence-electron chi connectivity index (χ4n) is 1.77. The number of aryl methyl sites for hydroxylation is 2. The van der Waals surface area contributed by atoms with Crippen LogP contribution >= 0.6 is 11.8 Å². The van der Waals surface area contributed by atoms with Crippen LogP contribution in [-0.2, 0) is 6.42 Å². The molecule has 0 amide bonds. The number of carboxylic acid groups (broad SMARTS) is 1. The Bertz CT molecular complexity index is 447. The molecule has 0 aromatic carbocycles. The molecule has 0 aliphatic carbocycles. The Labute approximate surface area is 119 Å². The molecule has 0 aliphatic heterocycles. The van der Waals surface area contributed by atoms with Gasteiger partial charge in [0.1, 0.15) is 16.4 Å². The average molecular weight is 282 g/mol. The number of carbonyl (C=O) groups is 1. The van der Waals surface area contributed by atoms with Gasteiger partial charge in [-0.05, 0) is 25.0 Å². The van der Waals surface area contributed by atoms with Gasteiger partial charge in [-0.15, -0.1) is 11.8 Å². The van der Waals surface area contributed by atoms with E-state index in [1.54, 1.807) is 6.92 Å². The van der Waals surface area contributed by atoms with E-state index in [1.807, 2.05) is 6.92 Å². The summed E-state index contributed by atoms with van der Waals surface area (Å²) < 4.78 is 0. The van der Waals surface area contributed by atoms with Crippen LogP contribution in [0.1, 0.15) is 55.5 Å². The minimum atomic E-state index is -0.938. The first-order chi connectivity index (χ1) is 8.95. The van der Waals surface area contributed by atoms with Gasteiger partial charge in [0, 0.05) is 6.42 Å². The average Bonchev–Trinajstić information content (AvgIpc) is 2.33. The van der Waals surface area contributed by atoms with Crippen LogP contribution in [0.2, 0.25) is 0 Å². The van der Waals surface area contributed by atoms with Crippen LogP contribution in [0.4, 0.5) is 0 Å². The van der Waals surface area contributed by atoms with Crippen LogP contribution < -0.4 is 0 Å². The summed E-state index contributed by atoms with van der Waals surface area (Å²) in [5.74, 6) is 1.36. The zero-order chi connectivity index (χ0) is 14.4. The third-order valence-corrected chi connectivity index (χ3v) is 3.86. The van der Waals surface area contributed by atoms with E-state index in [0.29, 0.717) is 22.5 Å². The Kier molecular flexibility index (Phi) is 6.28. The van der Waals surface area contributed by atoms with Crippen molar-refractivity contribution in [3.8, 4) is 0 Å². The number of rotatable bonds is 7. The standard InChI is InChI=1S/C14H22N2O2S/c1-5-11-15-10(4)12(14(17)18)13(16-11)19-8-6-7-9(2)3/h9H,5-8H2,1-4H3,(H,17,18). The molecule has 0 fully saturated rings. The maximum Gasteiger partial charge on any atom is 0.340 e. The van der Waals surface area contributed by atoms with Crippen molar-refractivity contribution in [2.75, 3.05) is 5.75 Å². The van der Waals surface area contributed by atoms with Gasteiger partial charge in [-0.3, -0.25) is 0 Å². The number of aromatic nitrogens is 2. The van der Waals surface area contributed by atoms with Crippen molar-refractivity contribution < 1.29 is 9.90 Å². The van der Waals surface area contributed by atoms with E-state index in [-0.39, 0.29) is 5.56 Å². The lowest BCUT2D eigenvalue weighted by Crippen LogP contribution is -2.09. The number of carboxylic acids is 1. The number of hydrogen-bond donors (Lipinski definition) is 1. The van der Waals surface area contributed by atoms with Gasteiger partial charge >= 0.3 is 5.97 Å². The van der Waals surface area contributed by atoms with E-state index in [2.05, 4.69) is 23.8 Å². The van der Waals surface area contributed by atoms with Gasteiger partial charge in [0.2, 0.25) is 0 Å². The molecule has 1 N–H and O–H groups in total. The fourth-order valence-corrected chi connectivity index (χ4v) is 2.83. The Morgan fingerprint density at radius 1 is 1.37 bits per heavy atom. The van der Waals surface area contributed by atoms with Crippen molar-refractivity contribution in [3.05, 3.63) is 17.1 Å². The monoisotopic (exact) mass is 282 g/mol. The molecule has 0 atom stereocenters. The Hall–Kier alpha value is -1.10. The minimum absolute atomic E-state index is 0.256. The molecule has 4 nitrogen and oxygen atoms in total. The molecule has 5 heteroatoms. The minimum Gasteiger partial charge on any atom is -0.478 e. The topological polar surface area (TPSA) is 63.1 Å². The number of nitrogens with zero attached hydrogens (tertiary/aromatic N) is 2. The van der Waals surface area contributed by atoms with Gasteiger partial charge in [0.25, 0.3) is 0 Å². The van der Waals surface area contributed by atoms with Crippen molar-refractivity contribution in [1.29, 1.82) is 0 Å². The SMILES string of the molecule is CCc1nc(C)c(C(=O)O)c(SCCCC(C)C)n1. The second kappa shape index (κ2) is 7.48. The van der Waals surface area contributed by atoms with Gasteiger partial charge < -0.3 is 5.11 Å². The molecule has 1 heterocycles. The molecule has 1 rings (SSSR count). The first-order valence-corrected chi connectivity index (χ1v) is 7.67. The third kappa shape index (κ3) is 4.82. The molecule has 0 aliphatic rings. The largest absolute Gasteiger partial charge is 0.478 e. The first kappa shape index (κ1) is 16.0. The molecule has 19 heavy (non-hydrogen) atoms. The summed E-state index contributed by atoms with van der Waals surface area (Å²) in [5, 5.41) is 9.87. The van der Waals surface area contributed by atoms with Gasteiger partial charge in [0.15, 0.2) is 0 Å². The summed E-state index contributed by atoms with van der Waals surface area (Å²) in [6.45, 7) is 8.10. The lowest BCUT2D eigenvalue weighted by molar-refractivity contribution is 0.0690. The van der Waals surface area contributed by atoms with E-state index in [0.717, 1.165) is 25.0 Å². The lowest BCUT2D eigenvalue weighted by atomic mass is 10.1.